The van der Waals surface area contributed by atoms with E-state index in [1.807, 2.05) is 29.2 Å². The fourth-order valence-electron chi connectivity index (χ4n) is 4.41. The first-order valence-electron chi connectivity index (χ1n) is 11.7. The largest absolute Gasteiger partial charge is 0.490 e. The molecular formula is C27H23ClN4O5S. The number of halogens is 1. The molecule has 0 spiro atoms. The zero-order valence-corrected chi connectivity index (χ0v) is 21.8. The summed E-state index contributed by atoms with van der Waals surface area (Å²) >= 11 is 12.3. The third-order valence-corrected chi connectivity index (χ3v) is 6.73. The number of para-hydroxylation sites is 1. The summed E-state index contributed by atoms with van der Waals surface area (Å²) in [6, 6.07) is 20.2. The van der Waals surface area contributed by atoms with Crippen molar-refractivity contribution in [2.75, 3.05) is 25.2 Å². The van der Waals surface area contributed by atoms with E-state index in [4.69, 9.17) is 37.7 Å². The molecule has 0 saturated carbocycles. The van der Waals surface area contributed by atoms with Crippen molar-refractivity contribution in [3.05, 3.63) is 106 Å². The number of thiocarbonyl (C=S) groups is 1. The van der Waals surface area contributed by atoms with Gasteiger partial charge in [-0.3, -0.25) is 15.1 Å². The van der Waals surface area contributed by atoms with Crippen molar-refractivity contribution < 1.29 is 18.8 Å². The number of nitrogens with one attached hydrogen (secondary N) is 1. The molecule has 2 aromatic carbocycles. The lowest BCUT2D eigenvalue weighted by Gasteiger charge is -2.26. The maximum Gasteiger partial charge on any atom is 0.280 e. The van der Waals surface area contributed by atoms with E-state index in [1.165, 1.54) is 6.07 Å². The van der Waals surface area contributed by atoms with Crippen molar-refractivity contribution in [1.29, 1.82) is 0 Å². The fraction of sp³-hybridized carbons (Fsp3) is 0.185. The molecule has 2 aromatic heterocycles. The van der Waals surface area contributed by atoms with Gasteiger partial charge in [-0.25, -0.2) is 0 Å². The van der Waals surface area contributed by atoms with Crippen molar-refractivity contribution in [3.63, 3.8) is 0 Å². The van der Waals surface area contributed by atoms with Crippen LogP contribution in [0, 0.1) is 10.1 Å². The second kappa shape index (κ2) is 11.2. The molecule has 0 amide bonds. The molecule has 5 rings (SSSR count). The van der Waals surface area contributed by atoms with Crippen molar-refractivity contribution in [2.24, 2.45) is 0 Å². The van der Waals surface area contributed by atoms with Crippen molar-refractivity contribution in [1.82, 2.24) is 10.3 Å². The van der Waals surface area contributed by atoms with Crippen LogP contribution in [0.5, 0.6) is 5.75 Å². The quantitative estimate of drug-likeness (QED) is 0.114. The van der Waals surface area contributed by atoms with Crippen LogP contribution in [0.4, 0.5) is 11.4 Å². The lowest BCUT2D eigenvalue weighted by molar-refractivity contribution is -0.384. The Labute approximate surface area is 229 Å². The Kier molecular flexibility index (Phi) is 7.54. The van der Waals surface area contributed by atoms with E-state index in [0.717, 1.165) is 11.4 Å². The summed E-state index contributed by atoms with van der Waals surface area (Å²) < 4.78 is 17.0. The minimum atomic E-state index is -0.453. The molecule has 4 aromatic rings. The summed E-state index contributed by atoms with van der Waals surface area (Å²) in [5.41, 5.74) is 1.83. The predicted octanol–water partition coefficient (Wildman–Crippen LogP) is 6.11. The van der Waals surface area contributed by atoms with Crippen LogP contribution in [0.1, 0.15) is 23.5 Å². The normalized spacial score (nSPS) is 16.9. The minimum Gasteiger partial charge on any atom is -0.490 e. The number of benzene rings is 2. The Balaban J connectivity index is 1.55. The number of nitro groups is 1. The van der Waals surface area contributed by atoms with E-state index in [0.29, 0.717) is 46.2 Å². The third-order valence-electron chi connectivity index (χ3n) is 6.12. The summed E-state index contributed by atoms with van der Waals surface area (Å²) in [6.07, 6.45) is 1.71. The van der Waals surface area contributed by atoms with Gasteiger partial charge < -0.3 is 24.1 Å². The Morgan fingerprint density at radius 1 is 1.13 bits per heavy atom. The molecule has 1 fully saturated rings. The number of furan rings is 1. The highest BCUT2D eigenvalue weighted by Gasteiger charge is 2.43. The van der Waals surface area contributed by atoms with Crippen molar-refractivity contribution in [3.8, 4) is 17.1 Å². The number of hydrogen-bond acceptors (Lipinski definition) is 7. The molecule has 0 bridgehead atoms. The third kappa shape index (κ3) is 5.06. The first kappa shape index (κ1) is 25.7. The summed E-state index contributed by atoms with van der Waals surface area (Å²) in [7, 11) is 1.60. The Morgan fingerprint density at radius 2 is 1.95 bits per heavy atom. The van der Waals surface area contributed by atoms with Gasteiger partial charge in [-0.05, 0) is 60.7 Å². The van der Waals surface area contributed by atoms with E-state index in [2.05, 4.69) is 10.3 Å². The van der Waals surface area contributed by atoms with E-state index in [-0.39, 0.29) is 11.7 Å². The monoisotopic (exact) mass is 550 g/mol. The molecule has 194 valence electrons. The highest BCUT2D eigenvalue weighted by Crippen LogP contribution is 2.44. The van der Waals surface area contributed by atoms with Gasteiger partial charge in [0.05, 0.1) is 33.9 Å². The van der Waals surface area contributed by atoms with E-state index in [1.54, 1.807) is 55.8 Å². The van der Waals surface area contributed by atoms with Crippen molar-refractivity contribution in [2.45, 2.75) is 12.1 Å². The molecule has 3 heterocycles. The number of hydrogen-bond donors (Lipinski definition) is 1. The van der Waals surface area contributed by atoms with Gasteiger partial charge in [0.1, 0.15) is 29.9 Å². The SMILES string of the molecule is COCCOc1ccc(N2C(=S)N[C@H](c3ccccn3)[C@H]2c2ccc(-c3ccccc3[N+](=O)[O-])o2)cc1Cl. The second-order valence-corrected chi connectivity index (χ2v) is 9.22. The Morgan fingerprint density at radius 3 is 2.68 bits per heavy atom. The van der Waals surface area contributed by atoms with Crippen LogP contribution >= 0.6 is 23.8 Å². The number of methoxy groups -OCH3 is 1. The number of anilines is 1. The summed E-state index contributed by atoms with van der Waals surface area (Å²) in [6.45, 7) is 0.802. The molecular weight excluding hydrogens is 528 g/mol. The highest BCUT2D eigenvalue weighted by atomic mass is 35.5. The molecule has 1 saturated heterocycles. The molecule has 1 aliphatic rings. The van der Waals surface area contributed by atoms with Gasteiger partial charge in [0.15, 0.2) is 5.11 Å². The number of rotatable bonds is 9. The van der Waals surface area contributed by atoms with Gasteiger partial charge in [0.2, 0.25) is 0 Å². The average molecular weight is 551 g/mol. The zero-order valence-electron chi connectivity index (χ0n) is 20.2. The van der Waals surface area contributed by atoms with Gasteiger partial charge in [-0.2, -0.15) is 0 Å². The van der Waals surface area contributed by atoms with Gasteiger partial charge in [-0.1, -0.05) is 29.8 Å². The molecule has 38 heavy (non-hydrogen) atoms. The van der Waals surface area contributed by atoms with E-state index in [9.17, 15) is 10.1 Å². The van der Waals surface area contributed by atoms with Crippen LogP contribution in [-0.2, 0) is 4.74 Å². The minimum absolute atomic E-state index is 0.0394. The first-order chi connectivity index (χ1) is 18.5. The molecule has 0 unspecified atom stereocenters. The number of nitrogens with zero attached hydrogens (tertiary/aromatic N) is 3. The predicted molar refractivity (Wildman–Crippen MR) is 148 cm³/mol. The van der Waals surface area contributed by atoms with Crippen LogP contribution < -0.4 is 15.0 Å². The number of nitro benzene ring substituents is 1. The van der Waals surface area contributed by atoms with Gasteiger partial charge in [0.25, 0.3) is 5.69 Å². The first-order valence-corrected chi connectivity index (χ1v) is 12.5. The van der Waals surface area contributed by atoms with E-state index >= 15 is 0 Å². The standard InChI is InChI=1S/C27H23ClN4O5S/c1-35-14-15-36-23-10-9-17(16-19(23)28)31-26(25(30-27(31)38)20-7-4-5-13-29-20)24-12-11-22(37-24)18-6-2-3-8-21(18)32(33)34/h2-13,16,25-26H,14-15H2,1H3,(H,30,38)/t25-,26-/m1/s1. The van der Waals surface area contributed by atoms with Crippen LogP contribution in [0.15, 0.2) is 83.4 Å². The van der Waals surface area contributed by atoms with Gasteiger partial charge in [-0.15, -0.1) is 0 Å². The number of ether oxygens (including phenoxy) is 2. The summed E-state index contributed by atoms with van der Waals surface area (Å²) in [4.78, 5) is 17.6. The van der Waals surface area contributed by atoms with Crippen LogP contribution in [0.25, 0.3) is 11.3 Å². The molecule has 0 radical (unpaired) electrons. The fourth-order valence-corrected chi connectivity index (χ4v) is 4.99. The maximum atomic E-state index is 11.6. The lowest BCUT2D eigenvalue weighted by Crippen LogP contribution is -2.29. The Hall–Kier alpha value is -3.99. The molecule has 0 aliphatic carbocycles. The maximum absolute atomic E-state index is 11.6. The molecule has 1 N–H and O–H groups in total. The smallest absolute Gasteiger partial charge is 0.280 e. The average Bonchev–Trinajstić information content (AvgIpc) is 3.55. The van der Waals surface area contributed by atoms with Crippen LogP contribution in [-0.4, -0.2) is 35.3 Å². The number of pyridine rings is 1. The lowest BCUT2D eigenvalue weighted by atomic mass is 10.0. The van der Waals surface area contributed by atoms with E-state index < -0.39 is 11.0 Å². The zero-order chi connectivity index (χ0) is 26.6. The molecule has 11 heteroatoms. The number of aromatic nitrogens is 1. The summed E-state index contributed by atoms with van der Waals surface area (Å²) in [5, 5.41) is 15.8. The highest BCUT2D eigenvalue weighted by molar-refractivity contribution is 7.80. The van der Waals surface area contributed by atoms with Gasteiger partial charge in [0, 0.05) is 25.1 Å². The summed E-state index contributed by atoms with van der Waals surface area (Å²) in [5.74, 6) is 1.46. The second-order valence-electron chi connectivity index (χ2n) is 8.43. The van der Waals surface area contributed by atoms with Gasteiger partial charge >= 0.3 is 0 Å². The van der Waals surface area contributed by atoms with Crippen molar-refractivity contribution >= 4 is 40.3 Å². The molecule has 2 atom stereocenters. The Bertz CT molecular complexity index is 1460. The molecule has 1 aliphatic heterocycles. The topological polar surface area (TPSA) is 103 Å². The van der Waals surface area contributed by atoms with Crippen LogP contribution in [0.3, 0.4) is 0 Å². The molecule has 9 nitrogen and oxygen atoms in total. The van der Waals surface area contributed by atoms with Crippen LogP contribution in [0.2, 0.25) is 5.02 Å².